The lowest BCUT2D eigenvalue weighted by Gasteiger charge is -2.17. The summed E-state index contributed by atoms with van der Waals surface area (Å²) in [5.74, 6) is -0.102. The highest BCUT2D eigenvalue weighted by Crippen LogP contribution is 2.13. The topological polar surface area (TPSA) is 66.5 Å². The van der Waals surface area contributed by atoms with Crippen LogP contribution < -0.4 is 4.72 Å². The Balaban J connectivity index is 2.03. The van der Waals surface area contributed by atoms with Gasteiger partial charge >= 0.3 is 0 Å². The van der Waals surface area contributed by atoms with E-state index in [1.807, 2.05) is 31.2 Å². The van der Waals surface area contributed by atoms with Crippen molar-refractivity contribution in [3.8, 4) is 0 Å². The van der Waals surface area contributed by atoms with Gasteiger partial charge in [-0.05, 0) is 43.2 Å². The third-order valence-electron chi connectivity index (χ3n) is 4.19. The molecule has 0 spiro atoms. The summed E-state index contributed by atoms with van der Waals surface area (Å²) in [5.41, 5.74) is 2.50. The summed E-state index contributed by atoms with van der Waals surface area (Å²) in [4.78, 5) is 14.1. The molecule has 0 saturated carbocycles. The number of amides is 1. The van der Waals surface area contributed by atoms with Crippen molar-refractivity contribution in [1.82, 2.24) is 9.62 Å². The van der Waals surface area contributed by atoms with Crippen LogP contribution in [0.15, 0.2) is 53.4 Å². The summed E-state index contributed by atoms with van der Waals surface area (Å²) >= 11 is 0. The maximum atomic E-state index is 12.4. The minimum atomic E-state index is -3.62. The molecule has 0 aromatic heterocycles. The van der Waals surface area contributed by atoms with Gasteiger partial charge in [0, 0.05) is 25.7 Å². The predicted molar refractivity (Wildman–Crippen MR) is 104 cm³/mol. The molecule has 0 aliphatic rings. The third-order valence-corrected chi connectivity index (χ3v) is 5.61. The first-order chi connectivity index (χ1) is 12.3. The van der Waals surface area contributed by atoms with Crippen LogP contribution in [0.25, 0.3) is 0 Å². The molecule has 0 aliphatic heterocycles. The number of aryl methyl sites for hydroxylation is 1. The molecule has 5 nitrogen and oxygen atoms in total. The summed E-state index contributed by atoms with van der Waals surface area (Å²) in [6.07, 6.45) is 1.96. The fourth-order valence-corrected chi connectivity index (χ4v) is 3.48. The second kappa shape index (κ2) is 8.96. The van der Waals surface area contributed by atoms with E-state index in [4.69, 9.17) is 0 Å². The second-order valence-corrected chi connectivity index (χ2v) is 8.18. The molecule has 0 bridgehead atoms. The maximum Gasteiger partial charge on any atom is 0.253 e. The lowest BCUT2D eigenvalue weighted by molar-refractivity contribution is 0.0793. The Bertz CT molecular complexity index is 828. The number of carbonyl (C=O) groups is 1. The third kappa shape index (κ3) is 5.41. The number of benzene rings is 2. The molecule has 0 radical (unpaired) electrons. The number of carbonyl (C=O) groups excluding carboxylic acids is 1. The van der Waals surface area contributed by atoms with Gasteiger partial charge in [-0.3, -0.25) is 4.79 Å². The van der Waals surface area contributed by atoms with Gasteiger partial charge in [0.1, 0.15) is 0 Å². The summed E-state index contributed by atoms with van der Waals surface area (Å²) < 4.78 is 27.4. The van der Waals surface area contributed by atoms with Crippen LogP contribution >= 0.6 is 0 Å². The minimum absolute atomic E-state index is 0.102. The summed E-state index contributed by atoms with van der Waals surface area (Å²) in [6, 6.07) is 13.7. The van der Waals surface area contributed by atoms with E-state index in [1.165, 1.54) is 12.1 Å². The first-order valence-corrected chi connectivity index (χ1v) is 10.2. The largest absolute Gasteiger partial charge is 0.342 e. The molecule has 1 N–H and O–H groups in total. The monoisotopic (exact) mass is 374 g/mol. The van der Waals surface area contributed by atoms with Gasteiger partial charge in [-0.25, -0.2) is 13.1 Å². The van der Waals surface area contributed by atoms with Gasteiger partial charge in [0.25, 0.3) is 5.91 Å². The average molecular weight is 375 g/mol. The smallest absolute Gasteiger partial charge is 0.253 e. The number of unbranched alkanes of at least 4 members (excludes halogenated alkanes) is 1. The molecule has 2 aromatic rings. The highest BCUT2D eigenvalue weighted by molar-refractivity contribution is 7.89. The normalized spacial score (nSPS) is 11.3. The fourth-order valence-electron chi connectivity index (χ4n) is 2.46. The van der Waals surface area contributed by atoms with Crippen LogP contribution in [0.3, 0.4) is 0 Å². The SMILES string of the molecule is CCCCN(C)C(=O)c1ccc(S(=O)(=O)NCc2ccc(C)cc2)cc1. The molecule has 0 saturated heterocycles. The Hall–Kier alpha value is -2.18. The van der Waals surface area contributed by atoms with Crippen LogP contribution in [0.5, 0.6) is 0 Å². The quantitative estimate of drug-likeness (QED) is 0.771. The van der Waals surface area contributed by atoms with E-state index >= 15 is 0 Å². The molecule has 0 heterocycles. The van der Waals surface area contributed by atoms with E-state index in [-0.39, 0.29) is 17.3 Å². The number of nitrogens with zero attached hydrogens (tertiary/aromatic N) is 1. The molecule has 2 aromatic carbocycles. The molecule has 1 amide bonds. The first kappa shape index (κ1) is 20.1. The van der Waals surface area contributed by atoms with E-state index in [9.17, 15) is 13.2 Å². The van der Waals surface area contributed by atoms with Crippen molar-refractivity contribution in [1.29, 1.82) is 0 Å². The first-order valence-electron chi connectivity index (χ1n) is 8.74. The average Bonchev–Trinajstić information content (AvgIpc) is 2.65. The highest BCUT2D eigenvalue weighted by atomic mass is 32.2. The van der Waals surface area contributed by atoms with Crippen LogP contribution in [-0.2, 0) is 16.6 Å². The van der Waals surface area contributed by atoms with E-state index in [0.717, 1.165) is 24.0 Å². The van der Waals surface area contributed by atoms with Crippen LogP contribution in [0.1, 0.15) is 41.3 Å². The highest BCUT2D eigenvalue weighted by Gasteiger charge is 2.16. The number of nitrogens with one attached hydrogen (secondary N) is 1. The van der Waals surface area contributed by atoms with Crippen molar-refractivity contribution in [2.24, 2.45) is 0 Å². The molecule has 0 atom stereocenters. The van der Waals surface area contributed by atoms with Crippen molar-refractivity contribution in [3.05, 3.63) is 65.2 Å². The van der Waals surface area contributed by atoms with Crippen LogP contribution in [0, 0.1) is 6.92 Å². The Kier molecular flexibility index (Phi) is 6.94. The van der Waals surface area contributed by atoms with Crippen molar-refractivity contribution in [3.63, 3.8) is 0 Å². The lowest BCUT2D eigenvalue weighted by Crippen LogP contribution is -2.28. The van der Waals surface area contributed by atoms with E-state index in [2.05, 4.69) is 11.6 Å². The molecule has 0 fully saturated rings. The van der Waals surface area contributed by atoms with Gasteiger partial charge in [0.15, 0.2) is 0 Å². The predicted octanol–water partition coefficient (Wildman–Crippen LogP) is 3.35. The van der Waals surface area contributed by atoms with Gasteiger partial charge < -0.3 is 4.90 Å². The molecular formula is C20H26N2O3S. The summed E-state index contributed by atoms with van der Waals surface area (Å²) in [5, 5.41) is 0. The van der Waals surface area contributed by atoms with Gasteiger partial charge in [-0.2, -0.15) is 0 Å². The number of hydrogen-bond donors (Lipinski definition) is 1. The van der Waals surface area contributed by atoms with Crippen LogP contribution in [0.4, 0.5) is 0 Å². The Morgan fingerprint density at radius 1 is 1.04 bits per heavy atom. The van der Waals surface area contributed by atoms with Crippen LogP contribution in [-0.4, -0.2) is 32.8 Å². The van der Waals surface area contributed by atoms with E-state index in [0.29, 0.717) is 12.1 Å². The summed E-state index contributed by atoms with van der Waals surface area (Å²) in [7, 11) is -1.86. The van der Waals surface area contributed by atoms with Gasteiger partial charge in [0.05, 0.1) is 4.90 Å². The molecule has 26 heavy (non-hydrogen) atoms. The number of hydrogen-bond acceptors (Lipinski definition) is 3. The van der Waals surface area contributed by atoms with Gasteiger partial charge in [0.2, 0.25) is 10.0 Å². The zero-order chi connectivity index (χ0) is 19.2. The Labute approximate surface area is 156 Å². The van der Waals surface area contributed by atoms with Crippen molar-refractivity contribution >= 4 is 15.9 Å². The lowest BCUT2D eigenvalue weighted by atomic mass is 10.2. The van der Waals surface area contributed by atoms with E-state index in [1.54, 1.807) is 24.1 Å². The van der Waals surface area contributed by atoms with E-state index < -0.39 is 10.0 Å². The minimum Gasteiger partial charge on any atom is -0.342 e. The Morgan fingerprint density at radius 2 is 1.65 bits per heavy atom. The fraction of sp³-hybridized carbons (Fsp3) is 0.350. The van der Waals surface area contributed by atoms with Crippen molar-refractivity contribution in [2.45, 2.75) is 38.1 Å². The zero-order valence-corrected chi connectivity index (χ0v) is 16.3. The van der Waals surface area contributed by atoms with Crippen LogP contribution in [0.2, 0.25) is 0 Å². The number of sulfonamides is 1. The second-order valence-electron chi connectivity index (χ2n) is 6.41. The molecule has 140 valence electrons. The summed E-state index contributed by atoms with van der Waals surface area (Å²) in [6.45, 7) is 4.97. The maximum absolute atomic E-state index is 12.4. The van der Waals surface area contributed by atoms with Gasteiger partial charge in [-0.1, -0.05) is 43.2 Å². The standard InChI is InChI=1S/C20H26N2O3S/c1-4-5-14-22(3)20(23)18-10-12-19(13-11-18)26(24,25)21-15-17-8-6-16(2)7-9-17/h6-13,21H,4-5,14-15H2,1-3H3. The zero-order valence-electron chi connectivity index (χ0n) is 15.5. The Morgan fingerprint density at radius 3 is 2.23 bits per heavy atom. The number of rotatable bonds is 8. The van der Waals surface area contributed by atoms with Crippen molar-refractivity contribution in [2.75, 3.05) is 13.6 Å². The molecule has 0 aliphatic carbocycles. The molecule has 0 unspecified atom stereocenters. The molecular weight excluding hydrogens is 348 g/mol. The van der Waals surface area contributed by atoms with Gasteiger partial charge in [-0.15, -0.1) is 0 Å². The molecule has 6 heteroatoms. The van der Waals surface area contributed by atoms with Crippen molar-refractivity contribution < 1.29 is 13.2 Å². The molecule has 2 rings (SSSR count).